The van der Waals surface area contributed by atoms with Gasteiger partial charge >= 0.3 is 0 Å². The zero-order valence-corrected chi connectivity index (χ0v) is 6.91. The highest BCUT2D eigenvalue weighted by atomic mass is 16.6. The molecule has 1 aromatic rings. The lowest BCUT2D eigenvalue weighted by Gasteiger charge is -2.24. The van der Waals surface area contributed by atoms with Crippen LogP contribution in [0.1, 0.15) is 6.92 Å². The minimum Gasteiger partial charge on any atom is -0.479 e. The summed E-state index contributed by atoms with van der Waals surface area (Å²) in [6.07, 6.45) is -0.0556. The Labute approximate surface area is 71.4 Å². The van der Waals surface area contributed by atoms with Crippen molar-refractivity contribution < 1.29 is 9.47 Å². The normalized spacial score (nSPS) is 20.8. The summed E-state index contributed by atoms with van der Waals surface area (Å²) in [6.45, 7) is 5.66. The van der Waals surface area contributed by atoms with Crippen LogP contribution < -0.4 is 9.47 Å². The molecule has 1 aliphatic heterocycles. The standard InChI is InChI=1S/C10H10O2/c1-7-8(2)12-10-6-4-3-5-9(10)11-7/h3-6,8H,1H2,2H3. The zero-order valence-electron chi connectivity index (χ0n) is 6.91. The van der Waals surface area contributed by atoms with E-state index in [9.17, 15) is 0 Å². The number of benzene rings is 1. The maximum absolute atomic E-state index is 5.52. The minimum atomic E-state index is -0.0556. The van der Waals surface area contributed by atoms with E-state index in [4.69, 9.17) is 9.47 Å². The third-order valence-corrected chi connectivity index (χ3v) is 1.85. The third kappa shape index (κ3) is 1.05. The summed E-state index contributed by atoms with van der Waals surface area (Å²) in [6, 6.07) is 7.58. The number of rotatable bonds is 0. The molecule has 0 fully saturated rings. The second-order valence-electron chi connectivity index (χ2n) is 2.78. The van der Waals surface area contributed by atoms with E-state index in [0.29, 0.717) is 5.76 Å². The minimum absolute atomic E-state index is 0.0556. The molecule has 0 N–H and O–H groups in total. The van der Waals surface area contributed by atoms with Crippen LogP contribution in [-0.4, -0.2) is 6.10 Å². The van der Waals surface area contributed by atoms with E-state index in [1.807, 2.05) is 31.2 Å². The first-order valence-electron chi connectivity index (χ1n) is 3.90. The molecule has 0 spiro atoms. The largest absolute Gasteiger partial charge is 0.479 e. The molecule has 0 aromatic heterocycles. The van der Waals surface area contributed by atoms with Crippen LogP contribution in [0.4, 0.5) is 0 Å². The van der Waals surface area contributed by atoms with E-state index in [0.717, 1.165) is 11.5 Å². The van der Waals surface area contributed by atoms with Gasteiger partial charge in [0.15, 0.2) is 17.6 Å². The highest BCUT2D eigenvalue weighted by Crippen LogP contribution is 2.33. The topological polar surface area (TPSA) is 18.5 Å². The lowest BCUT2D eigenvalue weighted by Crippen LogP contribution is -2.22. The lowest BCUT2D eigenvalue weighted by molar-refractivity contribution is 0.162. The van der Waals surface area contributed by atoms with Crippen molar-refractivity contribution in [1.29, 1.82) is 0 Å². The first-order valence-corrected chi connectivity index (χ1v) is 3.90. The van der Waals surface area contributed by atoms with Crippen LogP contribution in [0, 0.1) is 0 Å². The molecule has 12 heavy (non-hydrogen) atoms. The summed E-state index contributed by atoms with van der Waals surface area (Å²) >= 11 is 0. The van der Waals surface area contributed by atoms with E-state index in [2.05, 4.69) is 6.58 Å². The zero-order chi connectivity index (χ0) is 8.55. The molecule has 0 aliphatic carbocycles. The van der Waals surface area contributed by atoms with Crippen molar-refractivity contribution >= 4 is 0 Å². The summed E-state index contributed by atoms with van der Waals surface area (Å²) in [4.78, 5) is 0. The molecule has 1 aromatic carbocycles. The number of fused-ring (bicyclic) bond motifs is 1. The molecule has 0 amide bonds. The smallest absolute Gasteiger partial charge is 0.169 e. The van der Waals surface area contributed by atoms with Gasteiger partial charge in [-0.1, -0.05) is 18.7 Å². The number of hydrogen-bond acceptors (Lipinski definition) is 2. The van der Waals surface area contributed by atoms with Crippen LogP contribution in [0.5, 0.6) is 11.5 Å². The van der Waals surface area contributed by atoms with Crippen LogP contribution >= 0.6 is 0 Å². The van der Waals surface area contributed by atoms with Crippen LogP contribution in [0.3, 0.4) is 0 Å². The molecule has 0 radical (unpaired) electrons. The predicted molar refractivity (Wildman–Crippen MR) is 46.3 cm³/mol. The molecule has 1 unspecified atom stereocenters. The first kappa shape index (κ1) is 7.22. The van der Waals surface area contributed by atoms with Crippen molar-refractivity contribution in [2.24, 2.45) is 0 Å². The Kier molecular flexibility index (Phi) is 1.54. The van der Waals surface area contributed by atoms with Gasteiger partial charge in [0.05, 0.1) is 0 Å². The Bertz CT molecular complexity index is 317. The molecule has 1 aliphatic rings. The van der Waals surface area contributed by atoms with E-state index in [1.165, 1.54) is 0 Å². The Hall–Kier alpha value is -1.44. The molecular formula is C10H10O2. The fourth-order valence-corrected chi connectivity index (χ4v) is 1.11. The van der Waals surface area contributed by atoms with Gasteiger partial charge in [-0.25, -0.2) is 0 Å². The van der Waals surface area contributed by atoms with Gasteiger partial charge in [0.2, 0.25) is 0 Å². The highest BCUT2D eigenvalue weighted by Gasteiger charge is 2.19. The summed E-state index contributed by atoms with van der Waals surface area (Å²) in [5.41, 5.74) is 0. The molecule has 2 heteroatoms. The van der Waals surface area contributed by atoms with E-state index < -0.39 is 0 Å². The molecule has 2 rings (SSSR count). The van der Waals surface area contributed by atoms with E-state index in [-0.39, 0.29) is 6.10 Å². The summed E-state index contributed by atoms with van der Waals surface area (Å²) < 4.78 is 10.9. The average Bonchev–Trinajstić information content (AvgIpc) is 2.07. The second kappa shape index (κ2) is 2.55. The van der Waals surface area contributed by atoms with Gasteiger partial charge in [0.1, 0.15) is 5.76 Å². The molecular weight excluding hydrogens is 152 g/mol. The Morgan fingerprint density at radius 1 is 1.25 bits per heavy atom. The summed E-state index contributed by atoms with van der Waals surface area (Å²) in [5.74, 6) is 2.20. The van der Waals surface area contributed by atoms with Crippen LogP contribution in [0.2, 0.25) is 0 Å². The maximum Gasteiger partial charge on any atom is 0.169 e. The van der Waals surface area contributed by atoms with Crippen LogP contribution in [0.15, 0.2) is 36.6 Å². The second-order valence-corrected chi connectivity index (χ2v) is 2.78. The van der Waals surface area contributed by atoms with Crippen molar-refractivity contribution in [1.82, 2.24) is 0 Å². The third-order valence-electron chi connectivity index (χ3n) is 1.85. The van der Waals surface area contributed by atoms with Gasteiger partial charge in [-0.15, -0.1) is 0 Å². The Morgan fingerprint density at radius 2 is 1.92 bits per heavy atom. The quantitative estimate of drug-likeness (QED) is 0.583. The molecule has 0 bridgehead atoms. The molecule has 0 saturated heterocycles. The monoisotopic (exact) mass is 162 g/mol. The maximum atomic E-state index is 5.52. The molecule has 2 nitrogen and oxygen atoms in total. The predicted octanol–water partition coefficient (Wildman–Crippen LogP) is 2.36. The van der Waals surface area contributed by atoms with Gasteiger partial charge in [-0.2, -0.15) is 0 Å². The fourth-order valence-electron chi connectivity index (χ4n) is 1.11. The van der Waals surface area contributed by atoms with E-state index in [1.54, 1.807) is 0 Å². The van der Waals surface area contributed by atoms with Crippen LogP contribution in [0.25, 0.3) is 0 Å². The van der Waals surface area contributed by atoms with Crippen molar-refractivity contribution in [3.8, 4) is 11.5 Å². The lowest BCUT2D eigenvalue weighted by atomic mass is 10.2. The van der Waals surface area contributed by atoms with E-state index >= 15 is 0 Å². The Morgan fingerprint density at radius 3 is 2.67 bits per heavy atom. The van der Waals surface area contributed by atoms with Gasteiger partial charge in [0.25, 0.3) is 0 Å². The van der Waals surface area contributed by atoms with Crippen molar-refractivity contribution in [3.63, 3.8) is 0 Å². The molecule has 62 valence electrons. The number of ether oxygens (including phenoxy) is 2. The average molecular weight is 162 g/mol. The van der Waals surface area contributed by atoms with Crippen molar-refractivity contribution in [2.75, 3.05) is 0 Å². The van der Waals surface area contributed by atoms with Crippen molar-refractivity contribution in [3.05, 3.63) is 36.6 Å². The van der Waals surface area contributed by atoms with Crippen LogP contribution in [-0.2, 0) is 0 Å². The fraction of sp³-hybridized carbons (Fsp3) is 0.200. The van der Waals surface area contributed by atoms with Gasteiger partial charge in [-0.3, -0.25) is 0 Å². The van der Waals surface area contributed by atoms with Crippen molar-refractivity contribution in [2.45, 2.75) is 13.0 Å². The summed E-state index contributed by atoms with van der Waals surface area (Å²) in [7, 11) is 0. The number of para-hydroxylation sites is 2. The summed E-state index contributed by atoms with van der Waals surface area (Å²) in [5, 5.41) is 0. The number of hydrogen-bond donors (Lipinski definition) is 0. The SMILES string of the molecule is C=C1Oc2ccccc2OC1C. The first-order chi connectivity index (χ1) is 5.77. The highest BCUT2D eigenvalue weighted by molar-refractivity contribution is 5.42. The van der Waals surface area contributed by atoms with Gasteiger partial charge < -0.3 is 9.47 Å². The Balaban J connectivity index is 2.40. The van der Waals surface area contributed by atoms with Gasteiger partial charge in [-0.05, 0) is 19.1 Å². The molecule has 1 heterocycles. The van der Waals surface area contributed by atoms with Gasteiger partial charge in [0, 0.05) is 0 Å². The molecule has 0 saturated carbocycles. The molecule has 1 atom stereocenters.